The molecule has 0 rings (SSSR count). The molecule has 0 spiro atoms. The van der Waals surface area contributed by atoms with Gasteiger partial charge >= 0.3 is 0 Å². The van der Waals surface area contributed by atoms with Crippen LogP contribution in [0.15, 0.2) is 0 Å². The summed E-state index contributed by atoms with van der Waals surface area (Å²) in [4.78, 5) is 10.7. The van der Waals surface area contributed by atoms with Gasteiger partial charge in [-0.3, -0.25) is 0 Å². The third-order valence-corrected chi connectivity index (χ3v) is 2.51. The molecule has 0 aromatic heterocycles. The Kier molecular flexibility index (Phi) is 8.37. The van der Waals surface area contributed by atoms with Gasteiger partial charge in [-0.2, -0.15) is 0 Å². The van der Waals surface area contributed by atoms with Crippen LogP contribution in [0.1, 0.15) is 40.5 Å². The van der Waals surface area contributed by atoms with E-state index in [1.165, 1.54) is 0 Å². The maximum Gasteiger partial charge on any atom is 0.0476 e. The number of halogens is 1. The summed E-state index contributed by atoms with van der Waals surface area (Å²) in [5.74, 6) is -0.776. The number of carbonyl (C=O) groups is 1. The SMILES string of the molecule is CCCC(C)(C(=O)[O-])C(C)C.NCl. The molecule has 0 aromatic rings. The van der Waals surface area contributed by atoms with Crippen LogP contribution in [0, 0.1) is 11.3 Å². The van der Waals surface area contributed by atoms with E-state index in [0.29, 0.717) is 6.42 Å². The van der Waals surface area contributed by atoms with Crippen molar-refractivity contribution in [3.05, 3.63) is 0 Å². The smallest absolute Gasteiger partial charge is 0.0476 e. The number of hydrogen-bond donors (Lipinski definition) is 1. The van der Waals surface area contributed by atoms with Crippen LogP contribution in [-0.4, -0.2) is 5.97 Å². The zero-order valence-corrected chi connectivity index (χ0v) is 9.52. The summed E-state index contributed by atoms with van der Waals surface area (Å²) in [6, 6.07) is 0. The summed E-state index contributed by atoms with van der Waals surface area (Å²) >= 11 is 4.14. The quantitative estimate of drug-likeness (QED) is 0.709. The lowest BCUT2D eigenvalue weighted by Crippen LogP contribution is -2.43. The normalized spacial score (nSPS) is 14.4. The first-order valence-corrected chi connectivity index (χ1v) is 4.82. The van der Waals surface area contributed by atoms with Crippen LogP contribution in [0.5, 0.6) is 0 Å². The van der Waals surface area contributed by atoms with E-state index in [1.54, 1.807) is 6.92 Å². The van der Waals surface area contributed by atoms with E-state index in [9.17, 15) is 9.90 Å². The number of carboxylic acids is 1. The van der Waals surface area contributed by atoms with Crippen molar-refractivity contribution < 1.29 is 9.90 Å². The zero-order chi connectivity index (χ0) is 11.1. The fourth-order valence-electron chi connectivity index (χ4n) is 1.15. The van der Waals surface area contributed by atoms with Gasteiger partial charge in [0.1, 0.15) is 0 Å². The molecule has 0 aliphatic rings. The van der Waals surface area contributed by atoms with Crippen LogP contribution in [-0.2, 0) is 4.79 Å². The van der Waals surface area contributed by atoms with Gasteiger partial charge in [-0.1, -0.05) is 34.1 Å². The Labute approximate surface area is 85.4 Å². The van der Waals surface area contributed by atoms with Gasteiger partial charge in [0.2, 0.25) is 0 Å². The van der Waals surface area contributed by atoms with Gasteiger partial charge < -0.3 is 9.90 Å². The minimum atomic E-state index is -0.922. The average Bonchev–Trinajstić information content (AvgIpc) is 2.07. The minimum Gasteiger partial charge on any atom is -0.550 e. The Balaban J connectivity index is 0. The molecular formula is C9H19ClNO2-. The van der Waals surface area contributed by atoms with Gasteiger partial charge in [-0.05, 0) is 24.1 Å². The highest BCUT2D eigenvalue weighted by Crippen LogP contribution is 2.31. The van der Waals surface area contributed by atoms with E-state index in [0.717, 1.165) is 6.42 Å². The molecule has 1 unspecified atom stereocenters. The zero-order valence-electron chi connectivity index (χ0n) is 8.76. The Hall–Kier alpha value is -0.280. The molecule has 80 valence electrons. The van der Waals surface area contributed by atoms with Gasteiger partial charge in [0.15, 0.2) is 0 Å². The first-order valence-electron chi connectivity index (χ1n) is 4.38. The molecule has 3 nitrogen and oxygen atoms in total. The lowest BCUT2D eigenvalue weighted by Gasteiger charge is -2.34. The van der Waals surface area contributed by atoms with Crippen LogP contribution in [0.25, 0.3) is 0 Å². The maximum atomic E-state index is 10.7. The third kappa shape index (κ3) is 4.48. The Morgan fingerprint density at radius 3 is 2.00 bits per heavy atom. The van der Waals surface area contributed by atoms with Gasteiger partial charge in [-0.25, -0.2) is 5.25 Å². The second kappa shape index (κ2) is 7.15. The lowest BCUT2D eigenvalue weighted by atomic mass is 9.76. The summed E-state index contributed by atoms with van der Waals surface area (Å²) in [7, 11) is 0. The van der Waals surface area contributed by atoms with Crippen molar-refractivity contribution in [3.8, 4) is 0 Å². The summed E-state index contributed by atoms with van der Waals surface area (Å²) in [6.45, 7) is 7.59. The van der Waals surface area contributed by atoms with E-state index in [2.05, 4.69) is 17.0 Å². The molecule has 0 aromatic carbocycles. The molecule has 13 heavy (non-hydrogen) atoms. The molecule has 0 heterocycles. The Morgan fingerprint density at radius 2 is 1.92 bits per heavy atom. The number of rotatable bonds is 4. The van der Waals surface area contributed by atoms with Crippen LogP contribution < -0.4 is 10.4 Å². The topological polar surface area (TPSA) is 66.1 Å². The summed E-state index contributed by atoms with van der Waals surface area (Å²) in [5.41, 5.74) is -0.644. The van der Waals surface area contributed by atoms with Crippen LogP contribution in [0.2, 0.25) is 0 Å². The van der Waals surface area contributed by atoms with Gasteiger partial charge in [-0.15, -0.1) is 0 Å². The highest BCUT2D eigenvalue weighted by atomic mass is 35.5. The monoisotopic (exact) mass is 208 g/mol. The van der Waals surface area contributed by atoms with Crippen LogP contribution >= 0.6 is 11.8 Å². The van der Waals surface area contributed by atoms with Crippen molar-refractivity contribution in [3.63, 3.8) is 0 Å². The first-order chi connectivity index (χ1) is 5.95. The molecule has 0 bridgehead atoms. The third-order valence-electron chi connectivity index (χ3n) is 2.51. The number of aliphatic carboxylic acids is 1. The molecule has 0 aliphatic carbocycles. The molecule has 0 saturated heterocycles. The Morgan fingerprint density at radius 1 is 1.54 bits per heavy atom. The fourth-order valence-corrected chi connectivity index (χ4v) is 1.15. The van der Waals surface area contributed by atoms with Crippen LogP contribution in [0.3, 0.4) is 0 Å². The van der Waals surface area contributed by atoms with E-state index >= 15 is 0 Å². The summed E-state index contributed by atoms with van der Waals surface area (Å²) in [5, 5.41) is 14.7. The largest absolute Gasteiger partial charge is 0.550 e. The van der Waals surface area contributed by atoms with Crippen molar-refractivity contribution >= 4 is 17.7 Å². The highest BCUT2D eigenvalue weighted by Gasteiger charge is 2.28. The van der Waals surface area contributed by atoms with E-state index in [4.69, 9.17) is 0 Å². The van der Waals surface area contributed by atoms with Gasteiger partial charge in [0, 0.05) is 11.4 Å². The molecule has 0 saturated carbocycles. The Bertz CT molecular complexity index is 151. The predicted octanol–water partition coefficient (Wildman–Crippen LogP) is 1.30. The van der Waals surface area contributed by atoms with Crippen molar-refractivity contribution in [2.45, 2.75) is 40.5 Å². The van der Waals surface area contributed by atoms with Crippen LogP contribution in [0.4, 0.5) is 0 Å². The average molecular weight is 209 g/mol. The van der Waals surface area contributed by atoms with E-state index < -0.39 is 11.4 Å². The molecule has 0 aliphatic heterocycles. The van der Waals surface area contributed by atoms with Crippen molar-refractivity contribution in [1.29, 1.82) is 0 Å². The molecule has 4 heteroatoms. The number of hydrogen-bond acceptors (Lipinski definition) is 3. The second-order valence-electron chi connectivity index (χ2n) is 3.61. The van der Waals surface area contributed by atoms with Gasteiger partial charge in [0.05, 0.1) is 0 Å². The van der Waals surface area contributed by atoms with Gasteiger partial charge in [0.25, 0.3) is 0 Å². The number of carboxylic acid groups (broad SMARTS) is 1. The van der Waals surface area contributed by atoms with E-state index in [1.807, 2.05) is 20.8 Å². The summed E-state index contributed by atoms with van der Waals surface area (Å²) < 4.78 is 0. The molecule has 0 radical (unpaired) electrons. The van der Waals surface area contributed by atoms with Crippen molar-refractivity contribution in [2.75, 3.05) is 0 Å². The first kappa shape index (κ1) is 15.2. The maximum absolute atomic E-state index is 10.7. The van der Waals surface area contributed by atoms with Crippen molar-refractivity contribution in [2.24, 2.45) is 16.6 Å². The fraction of sp³-hybridized carbons (Fsp3) is 0.889. The molecule has 0 amide bonds. The predicted molar refractivity (Wildman–Crippen MR) is 52.9 cm³/mol. The molecule has 1 atom stereocenters. The number of carbonyl (C=O) groups excluding carboxylic acids is 1. The molecule has 0 fully saturated rings. The van der Waals surface area contributed by atoms with Crippen molar-refractivity contribution in [1.82, 2.24) is 0 Å². The minimum absolute atomic E-state index is 0.146. The summed E-state index contributed by atoms with van der Waals surface area (Å²) in [6.07, 6.45) is 1.59. The highest BCUT2D eigenvalue weighted by molar-refractivity contribution is 6.11. The standard InChI is InChI=1S/C9H18O2.ClH2N/c1-5-6-9(4,7(2)3)8(10)11;1-2/h7H,5-6H2,1-4H3,(H,10,11);2H2/p-1. The van der Waals surface area contributed by atoms with E-state index in [-0.39, 0.29) is 5.92 Å². The second-order valence-corrected chi connectivity index (χ2v) is 3.61. The molecule has 2 N–H and O–H groups in total. The molecular weight excluding hydrogens is 190 g/mol. The lowest BCUT2D eigenvalue weighted by molar-refractivity contribution is -0.321. The number of nitrogens with two attached hydrogens (primary N) is 1.